The van der Waals surface area contributed by atoms with E-state index in [9.17, 15) is 14.4 Å². The second-order valence-electron chi connectivity index (χ2n) is 5.85. The zero-order chi connectivity index (χ0) is 17.6. The highest BCUT2D eigenvalue weighted by Crippen LogP contribution is 2.18. The molecule has 0 aliphatic carbocycles. The van der Waals surface area contributed by atoms with Gasteiger partial charge < -0.3 is 20.1 Å². The van der Waals surface area contributed by atoms with Crippen molar-refractivity contribution >= 4 is 23.2 Å². The summed E-state index contributed by atoms with van der Waals surface area (Å²) in [7, 11) is 0. The molecular formula is C18H20N4O3. The Morgan fingerprint density at radius 3 is 2.64 bits per heavy atom. The van der Waals surface area contributed by atoms with E-state index in [0.29, 0.717) is 25.3 Å². The summed E-state index contributed by atoms with van der Waals surface area (Å²) in [6, 6.07) is 12.3. The second-order valence-corrected chi connectivity index (χ2v) is 5.85. The molecule has 0 spiro atoms. The van der Waals surface area contributed by atoms with Gasteiger partial charge >= 0.3 is 0 Å². The molecule has 130 valence electrons. The highest BCUT2D eigenvalue weighted by atomic mass is 16.2. The molecule has 2 heterocycles. The summed E-state index contributed by atoms with van der Waals surface area (Å²) >= 11 is 0. The molecule has 2 aromatic rings. The number of carbonyl (C=O) groups excluding carboxylic acids is 2. The number of benzene rings is 1. The van der Waals surface area contributed by atoms with Crippen molar-refractivity contribution in [2.24, 2.45) is 0 Å². The van der Waals surface area contributed by atoms with Gasteiger partial charge in [0.25, 0.3) is 5.56 Å². The lowest BCUT2D eigenvalue weighted by Crippen LogP contribution is -2.47. The summed E-state index contributed by atoms with van der Waals surface area (Å²) < 4.78 is 1.50. The van der Waals surface area contributed by atoms with E-state index in [0.717, 1.165) is 12.2 Å². The standard InChI is InChI=1S/C18H20N4O3/c23-16(8-11-21-10-2-1-3-18(21)25)20-14-4-6-15(7-5-14)22-12-9-19-17(24)13-22/h1-7,10H,8-9,11-13H2,(H,19,24)(H,20,23). The van der Waals surface area contributed by atoms with Crippen molar-refractivity contribution in [1.29, 1.82) is 0 Å². The molecule has 0 saturated carbocycles. The first-order chi connectivity index (χ1) is 12.1. The number of hydrogen-bond donors (Lipinski definition) is 2. The first kappa shape index (κ1) is 16.8. The molecule has 0 bridgehead atoms. The molecule has 0 atom stereocenters. The van der Waals surface area contributed by atoms with Crippen molar-refractivity contribution in [2.45, 2.75) is 13.0 Å². The fourth-order valence-corrected chi connectivity index (χ4v) is 2.71. The summed E-state index contributed by atoms with van der Waals surface area (Å²) in [5, 5.41) is 5.61. The van der Waals surface area contributed by atoms with Gasteiger partial charge in [0, 0.05) is 49.7 Å². The van der Waals surface area contributed by atoms with Crippen LogP contribution >= 0.6 is 0 Å². The van der Waals surface area contributed by atoms with E-state index < -0.39 is 0 Å². The highest BCUT2D eigenvalue weighted by molar-refractivity contribution is 5.91. The number of aromatic nitrogens is 1. The molecule has 1 aromatic carbocycles. The van der Waals surface area contributed by atoms with Crippen LogP contribution in [0.4, 0.5) is 11.4 Å². The summed E-state index contributed by atoms with van der Waals surface area (Å²) in [4.78, 5) is 37.1. The maximum absolute atomic E-state index is 12.0. The van der Waals surface area contributed by atoms with E-state index in [-0.39, 0.29) is 23.8 Å². The number of pyridine rings is 1. The van der Waals surface area contributed by atoms with Gasteiger partial charge in [-0.3, -0.25) is 14.4 Å². The zero-order valence-corrected chi connectivity index (χ0v) is 13.8. The molecule has 0 unspecified atom stereocenters. The van der Waals surface area contributed by atoms with Crippen LogP contribution in [0, 0.1) is 0 Å². The van der Waals surface area contributed by atoms with Gasteiger partial charge in [0.2, 0.25) is 11.8 Å². The number of rotatable bonds is 5. The lowest BCUT2D eigenvalue weighted by Gasteiger charge is -2.28. The average Bonchev–Trinajstić information content (AvgIpc) is 2.62. The fraction of sp³-hybridized carbons (Fsp3) is 0.278. The van der Waals surface area contributed by atoms with Crippen molar-refractivity contribution in [3.05, 3.63) is 59.0 Å². The Kier molecular flexibility index (Phi) is 5.13. The van der Waals surface area contributed by atoms with Crippen LogP contribution in [0.3, 0.4) is 0 Å². The molecule has 2 amide bonds. The number of nitrogens with one attached hydrogen (secondary N) is 2. The van der Waals surface area contributed by atoms with Gasteiger partial charge in [-0.25, -0.2) is 0 Å². The molecule has 0 radical (unpaired) electrons. The normalized spacial score (nSPS) is 14.1. The van der Waals surface area contributed by atoms with Crippen LogP contribution in [-0.2, 0) is 16.1 Å². The van der Waals surface area contributed by atoms with Crippen LogP contribution in [0.25, 0.3) is 0 Å². The molecule has 1 aliphatic heterocycles. The molecule has 1 aliphatic rings. The Hall–Kier alpha value is -3.09. The van der Waals surface area contributed by atoms with Crippen LogP contribution in [0.5, 0.6) is 0 Å². The van der Waals surface area contributed by atoms with Crippen LogP contribution in [-0.4, -0.2) is 36.0 Å². The Bertz CT molecular complexity index is 814. The molecule has 3 rings (SSSR count). The van der Waals surface area contributed by atoms with E-state index in [1.54, 1.807) is 18.3 Å². The van der Waals surface area contributed by atoms with Crippen molar-refractivity contribution in [3.8, 4) is 0 Å². The minimum Gasteiger partial charge on any atom is -0.360 e. The Morgan fingerprint density at radius 2 is 1.92 bits per heavy atom. The summed E-state index contributed by atoms with van der Waals surface area (Å²) in [6.07, 6.45) is 1.89. The summed E-state index contributed by atoms with van der Waals surface area (Å²) in [5.74, 6) is -0.138. The number of piperazine rings is 1. The lowest BCUT2D eigenvalue weighted by molar-refractivity contribution is -0.120. The fourth-order valence-electron chi connectivity index (χ4n) is 2.71. The summed E-state index contributed by atoms with van der Waals surface area (Å²) in [5.41, 5.74) is 1.52. The van der Waals surface area contributed by atoms with Gasteiger partial charge in [-0.05, 0) is 30.3 Å². The second kappa shape index (κ2) is 7.65. The zero-order valence-electron chi connectivity index (χ0n) is 13.8. The van der Waals surface area contributed by atoms with E-state index in [1.807, 2.05) is 29.2 Å². The molecule has 2 N–H and O–H groups in total. The van der Waals surface area contributed by atoms with Crippen molar-refractivity contribution in [1.82, 2.24) is 9.88 Å². The lowest BCUT2D eigenvalue weighted by atomic mass is 10.2. The third kappa shape index (κ3) is 4.47. The minimum atomic E-state index is -0.152. The van der Waals surface area contributed by atoms with Crippen molar-refractivity contribution < 1.29 is 9.59 Å². The molecular weight excluding hydrogens is 320 g/mol. The molecule has 1 aromatic heterocycles. The number of aryl methyl sites for hydroxylation is 1. The van der Waals surface area contributed by atoms with E-state index in [1.165, 1.54) is 10.6 Å². The number of amides is 2. The van der Waals surface area contributed by atoms with Crippen LogP contribution < -0.4 is 21.1 Å². The molecule has 1 saturated heterocycles. The first-order valence-corrected chi connectivity index (χ1v) is 8.19. The number of hydrogen-bond acceptors (Lipinski definition) is 4. The molecule has 25 heavy (non-hydrogen) atoms. The van der Waals surface area contributed by atoms with E-state index >= 15 is 0 Å². The quantitative estimate of drug-likeness (QED) is 0.844. The van der Waals surface area contributed by atoms with Gasteiger partial charge in [0.15, 0.2) is 0 Å². The molecule has 1 fully saturated rings. The predicted molar refractivity (Wildman–Crippen MR) is 95.6 cm³/mol. The third-order valence-corrected chi connectivity index (χ3v) is 4.03. The Labute approximate surface area is 145 Å². The SMILES string of the molecule is O=C1CN(c2ccc(NC(=O)CCn3ccccc3=O)cc2)CCN1. The number of anilines is 2. The highest BCUT2D eigenvalue weighted by Gasteiger charge is 2.16. The Balaban J connectivity index is 1.54. The van der Waals surface area contributed by atoms with Gasteiger partial charge in [-0.2, -0.15) is 0 Å². The van der Waals surface area contributed by atoms with Gasteiger partial charge in [-0.1, -0.05) is 6.07 Å². The number of nitrogens with zero attached hydrogens (tertiary/aromatic N) is 2. The monoisotopic (exact) mass is 340 g/mol. The Morgan fingerprint density at radius 1 is 1.12 bits per heavy atom. The first-order valence-electron chi connectivity index (χ1n) is 8.19. The maximum atomic E-state index is 12.0. The average molecular weight is 340 g/mol. The largest absolute Gasteiger partial charge is 0.360 e. The smallest absolute Gasteiger partial charge is 0.250 e. The van der Waals surface area contributed by atoms with Crippen molar-refractivity contribution in [2.75, 3.05) is 29.9 Å². The van der Waals surface area contributed by atoms with Gasteiger partial charge in [0.1, 0.15) is 0 Å². The molecule has 7 heteroatoms. The topological polar surface area (TPSA) is 83.4 Å². The van der Waals surface area contributed by atoms with E-state index in [2.05, 4.69) is 10.6 Å². The van der Waals surface area contributed by atoms with Crippen LogP contribution in [0.1, 0.15) is 6.42 Å². The van der Waals surface area contributed by atoms with Crippen molar-refractivity contribution in [3.63, 3.8) is 0 Å². The van der Waals surface area contributed by atoms with Gasteiger partial charge in [0.05, 0.1) is 6.54 Å². The minimum absolute atomic E-state index is 0.0137. The van der Waals surface area contributed by atoms with Crippen LogP contribution in [0.2, 0.25) is 0 Å². The predicted octanol–water partition coefficient (Wildman–Crippen LogP) is 0.813. The number of carbonyl (C=O) groups is 2. The van der Waals surface area contributed by atoms with Gasteiger partial charge in [-0.15, -0.1) is 0 Å². The maximum Gasteiger partial charge on any atom is 0.250 e. The molecule has 7 nitrogen and oxygen atoms in total. The summed E-state index contributed by atoms with van der Waals surface area (Å²) in [6.45, 7) is 2.09. The third-order valence-electron chi connectivity index (χ3n) is 4.03. The van der Waals surface area contributed by atoms with Crippen LogP contribution in [0.15, 0.2) is 53.5 Å². The van der Waals surface area contributed by atoms with E-state index in [4.69, 9.17) is 0 Å².